The van der Waals surface area contributed by atoms with Crippen LogP contribution in [0.1, 0.15) is 25.0 Å². The first-order valence-electron chi connectivity index (χ1n) is 4.11. The van der Waals surface area contributed by atoms with Crippen LogP contribution in [0.15, 0.2) is 12.1 Å². The molecule has 0 unspecified atom stereocenters. The second kappa shape index (κ2) is 5.15. The molecule has 0 aliphatic carbocycles. The van der Waals surface area contributed by atoms with Gasteiger partial charge in [-0.2, -0.15) is 5.26 Å². The molecule has 0 fully saturated rings. The SMILES string of the molecule is CC.Cc1cc(C#N)cc(F)c1N. The average molecular weight is 180 g/mol. The van der Waals surface area contributed by atoms with Crippen LogP contribution in [-0.4, -0.2) is 0 Å². The van der Waals surface area contributed by atoms with Crippen molar-refractivity contribution in [2.75, 3.05) is 5.73 Å². The first-order valence-corrected chi connectivity index (χ1v) is 4.11. The molecule has 1 rings (SSSR count). The summed E-state index contributed by atoms with van der Waals surface area (Å²) in [6.45, 7) is 5.67. The molecule has 0 amide bonds. The molecule has 1 aromatic rings. The van der Waals surface area contributed by atoms with Gasteiger partial charge in [-0.1, -0.05) is 13.8 Å². The Balaban J connectivity index is 0.000000671. The van der Waals surface area contributed by atoms with Crippen LogP contribution in [0.25, 0.3) is 0 Å². The van der Waals surface area contributed by atoms with E-state index in [2.05, 4.69) is 0 Å². The van der Waals surface area contributed by atoms with Crippen LogP contribution < -0.4 is 5.73 Å². The van der Waals surface area contributed by atoms with E-state index in [0.717, 1.165) is 6.07 Å². The van der Waals surface area contributed by atoms with Gasteiger partial charge < -0.3 is 5.73 Å². The van der Waals surface area contributed by atoms with Gasteiger partial charge in [-0.3, -0.25) is 0 Å². The van der Waals surface area contributed by atoms with Crippen LogP contribution in [0.2, 0.25) is 0 Å². The quantitative estimate of drug-likeness (QED) is 0.624. The summed E-state index contributed by atoms with van der Waals surface area (Å²) in [4.78, 5) is 0. The molecule has 0 saturated carbocycles. The number of nitrogens with two attached hydrogens (primary N) is 1. The number of hydrogen-bond acceptors (Lipinski definition) is 2. The molecule has 0 aliphatic heterocycles. The number of benzene rings is 1. The molecule has 0 aliphatic rings. The lowest BCUT2D eigenvalue weighted by Crippen LogP contribution is -1.94. The molecule has 2 nitrogen and oxygen atoms in total. The molecule has 0 radical (unpaired) electrons. The number of aryl methyl sites for hydroxylation is 1. The highest BCUT2D eigenvalue weighted by molar-refractivity contribution is 5.51. The van der Waals surface area contributed by atoms with Gasteiger partial charge in [0.05, 0.1) is 17.3 Å². The maximum Gasteiger partial charge on any atom is 0.147 e. The topological polar surface area (TPSA) is 49.8 Å². The minimum absolute atomic E-state index is 0.115. The zero-order chi connectivity index (χ0) is 10.4. The number of nitrogens with zero attached hydrogens (tertiary/aromatic N) is 1. The number of rotatable bonds is 0. The molecule has 0 saturated heterocycles. The Hall–Kier alpha value is -1.56. The Labute approximate surface area is 77.8 Å². The van der Waals surface area contributed by atoms with Crippen LogP contribution >= 0.6 is 0 Å². The van der Waals surface area contributed by atoms with Crippen molar-refractivity contribution in [3.05, 3.63) is 29.1 Å². The van der Waals surface area contributed by atoms with E-state index < -0.39 is 5.82 Å². The number of halogens is 1. The van der Waals surface area contributed by atoms with Crippen molar-refractivity contribution in [2.45, 2.75) is 20.8 Å². The molecule has 0 bridgehead atoms. The fourth-order valence-corrected chi connectivity index (χ4v) is 0.820. The van der Waals surface area contributed by atoms with Crippen molar-refractivity contribution < 1.29 is 4.39 Å². The average Bonchev–Trinajstić information content (AvgIpc) is 2.16. The van der Waals surface area contributed by atoms with E-state index in [1.54, 1.807) is 13.0 Å². The van der Waals surface area contributed by atoms with Crippen molar-refractivity contribution in [2.24, 2.45) is 0 Å². The van der Waals surface area contributed by atoms with Crippen molar-refractivity contribution in [1.82, 2.24) is 0 Å². The third-order valence-corrected chi connectivity index (χ3v) is 1.47. The largest absolute Gasteiger partial charge is 0.396 e. The Bertz CT molecular complexity index is 303. The van der Waals surface area contributed by atoms with Crippen LogP contribution in [0.3, 0.4) is 0 Å². The Morgan fingerprint density at radius 3 is 2.31 bits per heavy atom. The molecule has 70 valence electrons. The molecule has 0 aromatic heterocycles. The lowest BCUT2D eigenvalue weighted by Gasteiger charge is -2.00. The van der Waals surface area contributed by atoms with Crippen LogP contribution in [0.4, 0.5) is 10.1 Å². The van der Waals surface area contributed by atoms with Crippen molar-refractivity contribution in [1.29, 1.82) is 5.26 Å². The first kappa shape index (κ1) is 11.4. The van der Waals surface area contributed by atoms with Gasteiger partial charge in [0.15, 0.2) is 0 Å². The summed E-state index contributed by atoms with van der Waals surface area (Å²) in [6, 6.07) is 4.52. The lowest BCUT2D eigenvalue weighted by atomic mass is 10.1. The first-order chi connectivity index (χ1) is 6.15. The van der Waals surface area contributed by atoms with Gasteiger partial charge in [-0.25, -0.2) is 4.39 Å². The van der Waals surface area contributed by atoms with Gasteiger partial charge >= 0.3 is 0 Å². The number of nitrogen functional groups attached to an aromatic ring is 1. The van der Waals surface area contributed by atoms with Crippen molar-refractivity contribution in [3.63, 3.8) is 0 Å². The monoisotopic (exact) mass is 180 g/mol. The van der Waals surface area contributed by atoms with E-state index in [-0.39, 0.29) is 5.69 Å². The number of hydrogen-bond donors (Lipinski definition) is 1. The van der Waals surface area contributed by atoms with E-state index in [9.17, 15) is 4.39 Å². The predicted molar refractivity (Wildman–Crippen MR) is 51.6 cm³/mol. The molecule has 1 aromatic carbocycles. The summed E-state index contributed by atoms with van der Waals surface area (Å²) < 4.78 is 12.8. The molecular formula is C10H13FN2. The highest BCUT2D eigenvalue weighted by Crippen LogP contribution is 2.16. The predicted octanol–water partition coefficient (Wildman–Crippen LogP) is 2.61. The maximum atomic E-state index is 12.8. The third-order valence-electron chi connectivity index (χ3n) is 1.47. The number of nitriles is 1. The highest BCUT2D eigenvalue weighted by Gasteiger charge is 2.02. The van der Waals surface area contributed by atoms with Gasteiger partial charge in [0.25, 0.3) is 0 Å². The van der Waals surface area contributed by atoms with Crippen LogP contribution in [0, 0.1) is 24.1 Å². The normalized spacial score (nSPS) is 8.23. The fraction of sp³-hybridized carbons (Fsp3) is 0.300. The molecule has 2 N–H and O–H groups in total. The van der Waals surface area contributed by atoms with Gasteiger partial charge in [-0.05, 0) is 24.6 Å². The van der Waals surface area contributed by atoms with Crippen molar-refractivity contribution >= 4 is 5.69 Å². The minimum Gasteiger partial charge on any atom is -0.396 e. The van der Waals surface area contributed by atoms with Gasteiger partial charge in [-0.15, -0.1) is 0 Å². The zero-order valence-corrected chi connectivity index (χ0v) is 8.06. The minimum atomic E-state index is -0.526. The van der Waals surface area contributed by atoms with Crippen LogP contribution in [-0.2, 0) is 0 Å². The van der Waals surface area contributed by atoms with E-state index in [0.29, 0.717) is 11.1 Å². The van der Waals surface area contributed by atoms with E-state index in [1.807, 2.05) is 19.9 Å². The summed E-state index contributed by atoms with van der Waals surface area (Å²) in [5.74, 6) is -0.526. The molecule has 0 heterocycles. The second-order valence-corrected chi connectivity index (χ2v) is 2.30. The Kier molecular flexibility index (Phi) is 4.53. The Morgan fingerprint density at radius 2 is 1.92 bits per heavy atom. The lowest BCUT2D eigenvalue weighted by molar-refractivity contribution is 0.631. The number of anilines is 1. The Morgan fingerprint density at radius 1 is 1.38 bits per heavy atom. The molecular weight excluding hydrogens is 167 g/mol. The second-order valence-electron chi connectivity index (χ2n) is 2.30. The van der Waals surface area contributed by atoms with Crippen molar-refractivity contribution in [3.8, 4) is 6.07 Å². The highest BCUT2D eigenvalue weighted by atomic mass is 19.1. The van der Waals surface area contributed by atoms with Gasteiger partial charge in [0.2, 0.25) is 0 Å². The molecule has 0 spiro atoms. The van der Waals surface area contributed by atoms with Crippen LogP contribution in [0.5, 0.6) is 0 Å². The third kappa shape index (κ3) is 2.75. The smallest absolute Gasteiger partial charge is 0.147 e. The zero-order valence-electron chi connectivity index (χ0n) is 8.06. The van der Waals surface area contributed by atoms with Gasteiger partial charge in [0.1, 0.15) is 5.82 Å². The summed E-state index contributed by atoms with van der Waals surface area (Å²) in [7, 11) is 0. The fourth-order valence-electron chi connectivity index (χ4n) is 0.820. The summed E-state index contributed by atoms with van der Waals surface area (Å²) >= 11 is 0. The molecule has 13 heavy (non-hydrogen) atoms. The molecule has 0 atom stereocenters. The summed E-state index contributed by atoms with van der Waals surface area (Å²) in [5.41, 5.74) is 6.33. The molecule has 3 heteroatoms. The van der Waals surface area contributed by atoms with Gasteiger partial charge in [0, 0.05) is 0 Å². The van der Waals surface area contributed by atoms with E-state index in [4.69, 9.17) is 11.0 Å². The van der Waals surface area contributed by atoms with E-state index in [1.165, 1.54) is 0 Å². The maximum absolute atomic E-state index is 12.8. The summed E-state index contributed by atoms with van der Waals surface area (Å²) in [6.07, 6.45) is 0. The standard InChI is InChI=1S/C8H7FN2.C2H6/c1-5-2-6(4-10)3-7(9)8(5)11;1-2/h2-3H,11H2,1H3;1-2H3. The van der Waals surface area contributed by atoms with E-state index >= 15 is 0 Å². The summed E-state index contributed by atoms with van der Waals surface area (Å²) in [5, 5.41) is 8.42.